The van der Waals surface area contributed by atoms with Gasteiger partial charge < -0.3 is 24.3 Å². The maximum Gasteiger partial charge on any atom is 0.310 e. The summed E-state index contributed by atoms with van der Waals surface area (Å²) < 4.78 is 43.4. The van der Waals surface area contributed by atoms with Crippen LogP contribution in [0.3, 0.4) is 0 Å². The van der Waals surface area contributed by atoms with E-state index in [1.807, 2.05) is 0 Å². The van der Waals surface area contributed by atoms with Gasteiger partial charge in [0, 0.05) is 6.04 Å². The highest BCUT2D eigenvalue weighted by Crippen LogP contribution is 2.38. The van der Waals surface area contributed by atoms with Crippen molar-refractivity contribution in [3.05, 3.63) is 17.7 Å². The fraction of sp³-hybridized carbons (Fsp3) is 0.529. The summed E-state index contributed by atoms with van der Waals surface area (Å²) in [5, 5.41) is 2.55. The van der Waals surface area contributed by atoms with Crippen molar-refractivity contribution in [1.82, 2.24) is 5.32 Å². The lowest BCUT2D eigenvalue weighted by atomic mass is 10.1. The molecule has 9 nitrogen and oxygen atoms in total. The zero-order chi connectivity index (χ0) is 20.0. The van der Waals surface area contributed by atoms with Crippen molar-refractivity contribution in [2.24, 2.45) is 0 Å². The van der Waals surface area contributed by atoms with E-state index >= 15 is 0 Å². The van der Waals surface area contributed by atoms with E-state index in [0.29, 0.717) is 29.2 Å². The summed E-state index contributed by atoms with van der Waals surface area (Å²) in [6.45, 7) is -0.472. The minimum absolute atomic E-state index is 0.0544. The van der Waals surface area contributed by atoms with E-state index in [-0.39, 0.29) is 17.9 Å². The maximum absolute atomic E-state index is 12.0. The van der Waals surface area contributed by atoms with E-state index in [2.05, 4.69) is 5.32 Å². The van der Waals surface area contributed by atoms with Crippen molar-refractivity contribution in [3.8, 4) is 17.2 Å². The van der Waals surface area contributed by atoms with E-state index in [1.165, 1.54) is 21.3 Å². The number of esters is 1. The first-order valence-electron chi connectivity index (χ1n) is 8.22. The lowest BCUT2D eigenvalue weighted by Gasteiger charge is -2.14. The molecule has 1 amide bonds. The van der Waals surface area contributed by atoms with Gasteiger partial charge in [0.2, 0.25) is 5.75 Å². The van der Waals surface area contributed by atoms with E-state index < -0.39 is 34.4 Å². The fourth-order valence-electron chi connectivity index (χ4n) is 2.78. The summed E-state index contributed by atoms with van der Waals surface area (Å²) in [5.41, 5.74) is 0.566. The van der Waals surface area contributed by atoms with Gasteiger partial charge in [-0.05, 0) is 24.1 Å². The number of hydrogen-bond donors (Lipinski definition) is 1. The number of hydrogen-bond acceptors (Lipinski definition) is 8. The van der Waals surface area contributed by atoms with Crippen LogP contribution in [0.15, 0.2) is 12.1 Å². The molecular weight excluding hydrogens is 378 g/mol. The minimum atomic E-state index is -3.09. The normalized spacial score (nSPS) is 17.8. The zero-order valence-electron chi connectivity index (χ0n) is 15.4. The van der Waals surface area contributed by atoms with Gasteiger partial charge in [-0.1, -0.05) is 0 Å². The molecule has 27 heavy (non-hydrogen) atoms. The average Bonchev–Trinajstić information content (AvgIpc) is 2.97. The summed E-state index contributed by atoms with van der Waals surface area (Å²) in [5.74, 6) is 0.0354. The van der Waals surface area contributed by atoms with E-state index in [9.17, 15) is 18.0 Å². The van der Waals surface area contributed by atoms with Crippen molar-refractivity contribution >= 4 is 21.7 Å². The van der Waals surface area contributed by atoms with Crippen molar-refractivity contribution in [2.75, 3.05) is 39.4 Å². The molecule has 1 aliphatic heterocycles. The van der Waals surface area contributed by atoms with Crippen molar-refractivity contribution in [1.29, 1.82) is 0 Å². The first-order chi connectivity index (χ1) is 12.8. The van der Waals surface area contributed by atoms with Crippen LogP contribution in [0.1, 0.15) is 12.0 Å². The van der Waals surface area contributed by atoms with Gasteiger partial charge in [-0.2, -0.15) is 0 Å². The predicted molar refractivity (Wildman–Crippen MR) is 96.0 cm³/mol. The molecule has 2 rings (SSSR count). The van der Waals surface area contributed by atoms with Gasteiger partial charge in [0.1, 0.15) is 0 Å². The molecule has 0 saturated carbocycles. The lowest BCUT2D eigenvalue weighted by molar-refractivity contribution is -0.148. The Bertz CT molecular complexity index is 780. The van der Waals surface area contributed by atoms with Crippen LogP contribution < -0.4 is 19.5 Å². The molecular formula is C17H23NO8S. The van der Waals surface area contributed by atoms with E-state index in [4.69, 9.17) is 18.9 Å². The number of carbonyl (C=O) groups excluding carboxylic acids is 2. The van der Waals surface area contributed by atoms with Crippen molar-refractivity contribution < 1.29 is 37.0 Å². The molecule has 1 aromatic rings. The highest BCUT2D eigenvalue weighted by molar-refractivity contribution is 7.91. The summed E-state index contributed by atoms with van der Waals surface area (Å²) >= 11 is 0. The molecule has 0 spiro atoms. The monoisotopic (exact) mass is 401 g/mol. The number of rotatable bonds is 8. The van der Waals surface area contributed by atoms with Gasteiger partial charge in [-0.25, -0.2) is 8.42 Å². The van der Waals surface area contributed by atoms with Crippen LogP contribution in [-0.4, -0.2) is 65.8 Å². The topological polar surface area (TPSA) is 117 Å². The smallest absolute Gasteiger partial charge is 0.310 e. The second kappa shape index (κ2) is 8.94. The highest BCUT2D eigenvalue weighted by Gasteiger charge is 2.29. The van der Waals surface area contributed by atoms with E-state index in [1.54, 1.807) is 12.1 Å². The number of nitrogens with one attached hydrogen (secondary N) is 1. The molecule has 1 N–H and O–H groups in total. The van der Waals surface area contributed by atoms with Crippen LogP contribution in [0.2, 0.25) is 0 Å². The lowest BCUT2D eigenvalue weighted by Crippen LogP contribution is -2.38. The Kier molecular flexibility index (Phi) is 6.89. The SMILES string of the molecule is COc1cc(CC(=O)OCC(=O)N[C@H]2CCS(=O)(=O)C2)cc(OC)c1OC. The van der Waals surface area contributed by atoms with Gasteiger partial charge in [-0.15, -0.1) is 0 Å². The molecule has 0 aliphatic carbocycles. The fourth-order valence-corrected chi connectivity index (χ4v) is 4.45. The highest BCUT2D eigenvalue weighted by atomic mass is 32.2. The van der Waals surface area contributed by atoms with Gasteiger partial charge in [0.05, 0.1) is 39.3 Å². The van der Waals surface area contributed by atoms with Gasteiger partial charge in [0.15, 0.2) is 27.9 Å². The Morgan fingerprint density at radius 1 is 1.11 bits per heavy atom. The molecule has 1 saturated heterocycles. The second-order valence-electron chi connectivity index (χ2n) is 6.04. The van der Waals surface area contributed by atoms with Crippen LogP contribution in [0.25, 0.3) is 0 Å². The Labute approximate surface area is 157 Å². The van der Waals surface area contributed by atoms with Crippen LogP contribution in [0.5, 0.6) is 17.2 Å². The second-order valence-corrected chi connectivity index (χ2v) is 8.27. The van der Waals surface area contributed by atoms with Crippen LogP contribution in [0, 0.1) is 0 Å². The Balaban J connectivity index is 1.89. The molecule has 0 unspecified atom stereocenters. The molecule has 1 aliphatic rings. The third kappa shape index (κ3) is 5.75. The van der Waals surface area contributed by atoms with Crippen molar-refractivity contribution in [3.63, 3.8) is 0 Å². The summed E-state index contributed by atoms with van der Waals surface area (Å²) in [7, 11) is 1.32. The molecule has 1 fully saturated rings. The number of benzene rings is 1. The third-order valence-corrected chi connectivity index (χ3v) is 5.80. The number of amides is 1. The summed E-state index contributed by atoms with van der Waals surface area (Å²) in [6.07, 6.45) is 0.273. The van der Waals surface area contributed by atoms with E-state index in [0.717, 1.165) is 0 Å². The van der Waals surface area contributed by atoms with Crippen molar-refractivity contribution in [2.45, 2.75) is 18.9 Å². The van der Waals surface area contributed by atoms with Gasteiger partial charge in [0.25, 0.3) is 5.91 Å². The van der Waals surface area contributed by atoms with Gasteiger partial charge >= 0.3 is 5.97 Å². The molecule has 0 radical (unpaired) electrons. The minimum Gasteiger partial charge on any atom is -0.493 e. The zero-order valence-corrected chi connectivity index (χ0v) is 16.3. The Hall–Kier alpha value is -2.49. The van der Waals surface area contributed by atoms with Crippen LogP contribution in [0.4, 0.5) is 0 Å². The van der Waals surface area contributed by atoms with Gasteiger partial charge in [-0.3, -0.25) is 9.59 Å². The predicted octanol–water partition coefficient (Wildman–Crippen LogP) is 0.101. The third-order valence-electron chi connectivity index (χ3n) is 4.03. The Morgan fingerprint density at radius 3 is 2.22 bits per heavy atom. The number of sulfone groups is 1. The van der Waals surface area contributed by atoms with Crippen LogP contribution >= 0.6 is 0 Å². The molecule has 0 aromatic heterocycles. The molecule has 1 aromatic carbocycles. The molecule has 1 atom stereocenters. The largest absolute Gasteiger partial charge is 0.493 e. The van der Waals surface area contributed by atoms with Crippen LogP contribution in [-0.2, 0) is 30.6 Å². The molecule has 0 bridgehead atoms. The first-order valence-corrected chi connectivity index (χ1v) is 10.0. The maximum atomic E-state index is 12.0. The average molecular weight is 401 g/mol. The number of carbonyl (C=O) groups is 2. The molecule has 1 heterocycles. The molecule has 150 valence electrons. The summed E-state index contributed by atoms with van der Waals surface area (Å²) in [6, 6.07) is 2.80. The summed E-state index contributed by atoms with van der Waals surface area (Å²) in [4.78, 5) is 23.8. The molecule has 10 heteroatoms. The number of ether oxygens (including phenoxy) is 4. The number of methoxy groups -OCH3 is 3. The quantitative estimate of drug-likeness (QED) is 0.610. The standard InChI is InChI=1S/C17H23NO8S/c1-23-13-6-11(7-14(24-2)17(13)25-3)8-16(20)26-9-15(19)18-12-4-5-27(21,22)10-12/h6-7,12H,4-5,8-10H2,1-3H3,(H,18,19)/t12-/m0/s1. The Morgan fingerprint density at radius 2 is 1.74 bits per heavy atom. The first kappa shape index (κ1) is 20.8.